The molecule has 0 radical (unpaired) electrons. The fourth-order valence-corrected chi connectivity index (χ4v) is 2.49. The fourth-order valence-electron chi connectivity index (χ4n) is 2.49. The van der Waals surface area contributed by atoms with Gasteiger partial charge in [0.1, 0.15) is 0 Å². The second-order valence-electron chi connectivity index (χ2n) is 5.39. The molecule has 2 nitrogen and oxygen atoms in total. The molecule has 2 heteroatoms. The Kier molecular flexibility index (Phi) is 4.52. The van der Waals surface area contributed by atoms with Crippen LogP contribution in [-0.2, 0) is 0 Å². The summed E-state index contributed by atoms with van der Waals surface area (Å²) < 4.78 is 0. The van der Waals surface area contributed by atoms with Crippen LogP contribution in [0.25, 0.3) is 23.3 Å². The van der Waals surface area contributed by atoms with Crippen molar-refractivity contribution < 1.29 is 0 Å². The molecule has 0 unspecified atom stereocenters. The van der Waals surface area contributed by atoms with Crippen LogP contribution in [0.1, 0.15) is 22.3 Å². The summed E-state index contributed by atoms with van der Waals surface area (Å²) in [6.07, 6.45) is 4.01. The quantitative estimate of drug-likeness (QED) is 0.619. The summed E-state index contributed by atoms with van der Waals surface area (Å²) in [7, 11) is 0. The summed E-state index contributed by atoms with van der Waals surface area (Å²) in [6, 6.07) is 27.5. The Labute approximate surface area is 141 Å². The van der Waals surface area contributed by atoms with Gasteiger partial charge < -0.3 is 0 Å². The van der Waals surface area contributed by atoms with Gasteiger partial charge in [-0.3, -0.25) is 0 Å². The van der Waals surface area contributed by atoms with E-state index in [9.17, 15) is 0 Å². The zero-order valence-electron chi connectivity index (χ0n) is 13.0. The highest BCUT2D eigenvalue weighted by molar-refractivity contribution is 5.74. The van der Waals surface area contributed by atoms with E-state index in [1.165, 1.54) is 0 Å². The topological polar surface area (TPSA) is 47.6 Å². The van der Waals surface area contributed by atoms with E-state index in [2.05, 4.69) is 18.2 Å². The van der Waals surface area contributed by atoms with Crippen molar-refractivity contribution >= 4 is 12.2 Å². The highest BCUT2D eigenvalue weighted by atomic mass is 14.2. The van der Waals surface area contributed by atoms with Crippen molar-refractivity contribution in [2.24, 2.45) is 0 Å². The molecular formula is C22H14N2. The predicted molar refractivity (Wildman–Crippen MR) is 96.7 cm³/mol. The maximum absolute atomic E-state index is 9.03. The average Bonchev–Trinajstić information content (AvgIpc) is 2.67. The molecule has 3 aromatic carbocycles. The van der Waals surface area contributed by atoms with Crippen LogP contribution in [0.5, 0.6) is 0 Å². The molecule has 0 fully saturated rings. The molecule has 0 spiro atoms. The van der Waals surface area contributed by atoms with Crippen molar-refractivity contribution in [3.8, 4) is 23.3 Å². The molecule has 0 aliphatic rings. The molecule has 0 aliphatic carbocycles. The van der Waals surface area contributed by atoms with Crippen molar-refractivity contribution in [1.29, 1.82) is 10.5 Å². The molecule has 0 atom stereocenters. The molecule has 3 rings (SSSR count). The van der Waals surface area contributed by atoms with Crippen LogP contribution in [0.2, 0.25) is 0 Å². The van der Waals surface area contributed by atoms with Crippen LogP contribution in [0.15, 0.2) is 72.8 Å². The zero-order valence-corrected chi connectivity index (χ0v) is 13.0. The van der Waals surface area contributed by atoms with Crippen LogP contribution in [0.3, 0.4) is 0 Å². The SMILES string of the molecule is N#Cc1cccc(C=Cc2cccc(-c3cccc(C#N)c3)c2)c1. The summed E-state index contributed by atoms with van der Waals surface area (Å²) in [5, 5.41) is 18.0. The average molecular weight is 306 g/mol. The van der Waals surface area contributed by atoms with E-state index in [0.29, 0.717) is 11.1 Å². The van der Waals surface area contributed by atoms with E-state index in [4.69, 9.17) is 10.5 Å². The van der Waals surface area contributed by atoms with E-state index in [1.54, 1.807) is 12.1 Å². The maximum Gasteiger partial charge on any atom is 0.0991 e. The highest BCUT2D eigenvalue weighted by Crippen LogP contribution is 2.22. The summed E-state index contributed by atoms with van der Waals surface area (Å²) in [6.45, 7) is 0. The van der Waals surface area contributed by atoms with Gasteiger partial charge in [-0.2, -0.15) is 10.5 Å². The Morgan fingerprint density at radius 3 is 1.75 bits per heavy atom. The number of nitriles is 2. The van der Waals surface area contributed by atoms with Crippen molar-refractivity contribution in [3.63, 3.8) is 0 Å². The molecule has 112 valence electrons. The van der Waals surface area contributed by atoms with Crippen molar-refractivity contribution in [2.75, 3.05) is 0 Å². The predicted octanol–water partition coefficient (Wildman–Crippen LogP) is 5.27. The number of hydrogen-bond donors (Lipinski definition) is 0. The maximum atomic E-state index is 9.03. The molecule has 0 heterocycles. The number of benzene rings is 3. The Bertz CT molecular complexity index is 985. The summed E-state index contributed by atoms with van der Waals surface area (Å²) in [4.78, 5) is 0. The van der Waals surface area contributed by atoms with Gasteiger partial charge in [-0.25, -0.2) is 0 Å². The Balaban J connectivity index is 1.89. The second kappa shape index (κ2) is 7.09. The largest absolute Gasteiger partial charge is 0.192 e. The standard InChI is InChI=1S/C22H14N2/c23-15-19-6-1-4-17(12-19)10-11-18-5-2-8-21(13-18)22-9-3-7-20(14-22)16-24/h1-14H. The summed E-state index contributed by atoms with van der Waals surface area (Å²) >= 11 is 0. The van der Waals surface area contributed by atoms with Gasteiger partial charge in [0.2, 0.25) is 0 Å². The lowest BCUT2D eigenvalue weighted by Gasteiger charge is -2.03. The summed E-state index contributed by atoms with van der Waals surface area (Å²) in [5.74, 6) is 0. The molecular weight excluding hydrogens is 292 g/mol. The van der Waals surface area contributed by atoms with Crippen LogP contribution in [0.4, 0.5) is 0 Å². The molecule has 0 aromatic heterocycles. The minimum absolute atomic E-state index is 0.652. The van der Waals surface area contributed by atoms with E-state index >= 15 is 0 Å². The lowest BCUT2D eigenvalue weighted by Crippen LogP contribution is -1.81. The van der Waals surface area contributed by atoms with E-state index in [0.717, 1.165) is 22.3 Å². The van der Waals surface area contributed by atoms with Gasteiger partial charge in [-0.15, -0.1) is 0 Å². The Morgan fingerprint density at radius 1 is 0.583 bits per heavy atom. The first-order chi connectivity index (χ1) is 11.8. The Hall–Kier alpha value is -3.62. The molecule has 24 heavy (non-hydrogen) atoms. The Morgan fingerprint density at radius 2 is 1.08 bits per heavy atom. The van der Waals surface area contributed by atoms with Gasteiger partial charge in [0, 0.05) is 0 Å². The molecule has 0 aliphatic heterocycles. The molecule has 0 bridgehead atoms. The van der Waals surface area contributed by atoms with E-state index < -0.39 is 0 Å². The fraction of sp³-hybridized carbons (Fsp3) is 0. The second-order valence-corrected chi connectivity index (χ2v) is 5.39. The van der Waals surface area contributed by atoms with Crippen molar-refractivity contribution in [2.45, 2.75) is 0 Å². The molecule has 0 saturated carbocycles. The van der Waals surface area contributed by atoms with Gasteiger partial charge in [-0.1, -0.05) is 54.6 Å². The normalized spacial score (nSPS) is 10.2. The van der Waals surface area contributed by atoms with Crippen LogP contribution in [-0.4, -0.2) is 0 Å². The smallest absolute Gasteiger partial charge is 0.0991 e. The lowest BCUT2D eigenvalue weighted by molar-refractivity contribution is 1.48. The number of hydrogen-bond acceptors (Lipinski definition) is 2. The van der Waals surface area contributed by atoms with Gasteiger partial charge in [-0.05, 0) is 52.6 Å². The third kappa shape index (κ3) is 3.58. The number of rotatable bonds is 3. The molecule has 0 saturated heterocycles. The molecule has 0 N–H and O–H groups in total. The third-order valence-electron chi connectivity index (χ3n) is 3.70. The van der Waals surface area contributed by atoms with E-state index in [1.807, 2.05) is 66.7 Å². The van der Waals surface area contributed by atoms with Crippen LogP contribution in [0, 0.1) is 22.7 Å². The minimum Gasteiger partial charge on any atom is -0.192 e. The van der Waals surface area contributed by atoms with Crippen LogP contribution < -0.4 is 0 Å². The first kappa shape index (κ1) is 15.3. The van der Waals surface area contributed by atoms with Crippen LogP contribution >= 0.6 is 0 Å². The molecule has 3 aromatic rings. The van der Waals surface area contributed by atoms with E-state index in [-0.39, 0.29) is 0 Å². The van der Waals surface area contributed by atoms with Crippen molar-refractivity contribution in [3.05, 3.63) is 95.1 Å². The van der Waals surface area contributed by atoms with Gasteiger partial charge in [0.15, 0.2) is 0 Å². The lowest BCUT2D eigenvalue weighted by atomic mass is 10.0. The van der Waals surface area contributed by atoms with Crippen molar-refractivity contribution in [1.82, 2.24) is 0 Å². The third-order valence-corrected chi connectivity index (χ3v) is 3.70. The highest BCUT2D eigenvalue weighted by Gasteiger charge is 2.00. The van der Waals surface area contributed by atoms with Gasteiger partial charge in [0.25, 0.3) is 0 Å². The first-order valence-electron chi connectivity index (χ1n) is 7.57. The minimum atomic E-state index is 0.652. The monoisotopic (exact) mass is 306 g/mol. The number of nitrogens with zero attached hydrogens (tertiary/aromatic N) is 2. The molecule has 0 amide bonds. The zero-order chi connectivity index (χ0) is 16.8. The van der Waals surface area contributed by atoms with Gasteiger partial charge in [0.05, 0.1) is 23.3 Å². The summed E-state index contributed by atoms with van der Waals surface area (Å²) in [5.41, 5.74) is 5.46. The van der Waals surface area contributed by atoms with Gasteiger partial charge >= 0.3 is 0 Å². The first-order valence-corrected chi connectivity index (χ1v) is 7.57.